The summed E-state index contributed by atoms with van der Waals surface area (Å²) in [5.41, 5.74) is 2.21. The van der Waals surface area contributed by atoms with Crippen molar-refractivity contribution in [2.75, 3.05) is 16.2 Å². The van der Waals surface area contributed by atoms with Crippen LogP contribution in [-0.2, 0) is 26.0 Å². The molecule has 9 heteroatoms. The number of ketones is 1. The molecule has 3 aromatic carbocycles. The second-order valence-electron chi connectivity index (χ2n) is 8.24. The number of nitrogens with one attached hydrogen (secondary N) is 1. The summed E-state index contributed by atoms with van der Waals surface area (Å²) in [7, 11) is -3.93. The van der Waals surface area contributed by atoms with Crippen molar-refractivity contribution in [3.8, 4) is 0 Å². The van der Waals surface area contributed by atoms with E-state index in [1.807, 2.05) is 19.1 Å². The Kier molecular flexibility index (Phi) is 6.70. The molecule has 0 aliphatic carbocycles. The molecule has 1 atom stereocenters. The van der Waals surface area contributed by atoms with Gasteiger partial charge in [0.25, 0.3) is 15.9 Å². The standard InChI is InChI=1S/C26H24N2O6S/c1-17-14-19-8-3-6-13-24(19)28(17)35(32,33)21-10-7-9-20(15-21)26(31)34-16-25(30)27-23-12-5-4-11-22(23)18(2)29/h3-13,15,17H,14,16H2,1-2H3,(H,27,30). The van der Waals surface area contributed by atoms with Crippen LogP contribution in [-0.4, -0.2) is 38.7 Å². The molecule has 1 amide bonds. The molecule has 1 N–H and O–H groups in total. The van der Waals surface area contributed by atoms with Crippen molar-refractivity contribution in [3.63, 3.8) is 0 Å². The highest BCUT2D eigenvalue weighted by Crippen LogP contribution is 2.36. The molecule has 0 fully saturated rings. The van der Waals surface area contributed by atoms with E-state index in [1.54, 1.807) is 36.4 Å². The third-order valence-corrected chi connectivity index (χ3v) is 7.61. The van der Waals surface area contributed by atoms with E-state index in [2.05, 4.69) is 5.32 Å². The number of anilines is 2. The first kappa shape index (κ1) is 24.2. The van der Waals surface area contributed by atoms with Crippen LogP contribution in [0.4, 0.5) is 11.4 Å². The van der Waals surface area contributed by atoms with Gasteiger partial charge in [0.1, 0.15) is 0 Å². The zero-order valence-electron chi connectivity index (χ0n) is 19.2. The Balaban J connectivity index is 1.47. The Bertz CT molecular complexity index is 1420. The lowest BCUT2D eigenvalue weighted by Crippen LogP contribution is -2.35. The number of fused-ring (bicyclic) bond motifs is 1. The maximum Gasteiger partial charge on any atom is 0.338 e. The Morgan fingerprint density at radius 2 is 1.71 bits per heavy atom. The Morgan fingerprint density at radius 1 is 1.00 bits per heavy atom. The van der Waals surface area contributed by atoms with Crippen LogP contribution < -0.4 is 9.62 Å². The number of Topliss-reactive ketones (excluding diaryl/α,β-unsaturated/α-hetero) is 1. The zero-order chi connectivity index (χ0) is 25.2. The van der Waals surface area contributed by atoms with Gasteiger partial charge in [-0.05, 0) is 62.2 Å². The zero-order valence-corrected chi connectivity index (χ0v) is 20.0. The van der Waals surface area contributed by atoms with Crippen LogP contribution in [0.15, 0.2) is 77.7 Å². The van der Waals surface area contributed by atoms with Crippen molar-refractivity contribution >= 4 is 39.1 Å². The summed E-state index contributed by atoms with van der Waals surface area (Å²) in [4.78, 5) is 36.5. The minimum atomic E-state index is -3.93. The normalized spacial score (nSPS) is 14.8. The van der Waals surface area contributed by atoms with Crippen LogP contribution in [0.5, 0.6) is 0 Å². The Hall–Kier alpha value is -3.98. The smallest absolute Gasteiger partial charge is 0.338 e. The van der Waals surface area contributed by atoms with E-state index < -0.39 is 28.5 Å². The molecular weight excluding hydrogens is 468 g/mol. The number of rotatable bonds is 7. The number of carbonyl (C=O) groups is 3. The van der Waals surface area contributed by atoms with E-state index in [0.29, 0.717) is 23.4 Å². The molecular formula is C26H24N2O6S. The van der Waals surface area contributed by atoms with Gasteiger partial charge in [0.15, 0.2) is 12.4 Å². The molecule has 0 spiro atoms. The van der Waals surface area contributed by atoms with Crippen molar-refractivity contribution in [2.45, 2.75) is 31.2 Å². The van der Waals surface area contributed by atoms with Gasteiger partial charge in [-0.25, -0.2) is 13.2 Å². The minimum absolute atomic E-state index is 0.00291. The Labute approximate surface area is 203 Å². The molecule has 3 aromatic rings. The molecule has 4 rings (SSSR count). The first-order valence-electron chi connectivity index (χ1n) is 11.0. The summed E-state index contributed by atoms with van der Waals surface area (Å²) in [5, 5.41) is 2.55. The number of esters is 1. The van der Waals surface area contributed by atoms with Gasteiger partial charge in [-0.1, -0.05) is 36.4 Å². The molecule has 1 heterocycles. The van der Waals surface area contributed by atoms with Crippen LogP contribution in [0.1, 0.15) is 40.1 Å². The summed E-state index contributed by atoms with van der Waals surface area (Å²) in [6.07, 6.45) is 0.596. The molecule has 0 aromatic heterocycles. The molecule has 0 bridgehead atoms. The van der Waals surface area contributed by atoms with Gasteiger partial charge in [-0.2, -0.15) is 0 Å². The van der Waals surface area contributed by atoms with E-state index >= 15 is 0 Å². The fourth-order valence-electron chi connectivity index (χ4n) is 4.10. The maximum absolute atomic E-state index is 13.4. The van der Waals surface area contributed by atoms with Crippen molar-refractivity contribution in [1.29, 1.82) is 0 Å². The van der Waals surface area contributed by atoms with Gasteiger partial charge in [0, 0.05) is 11.6 Å². The number of sulfonamides is 1. The van der Waals surface area contributed by atoms with E-state index in [-0.39, 0.29) is 22.3 Å². The quantitative estimate of drug-likeness (QED) is 0.397. The highest BCUT2D eigenvalue weighted by Gasteiger charge is 2.36. The first-order chi connectivity index (χ1) is 16.7. The molecule has 1 aliphatic heterocycles. The topological polar surface area (TPSA) is 110 Å². The van der Waals surface area contributed by atoms with Gasteiger partial charge in [0.05, 0.1) is 21.8 Å². The fraction of sp³-hybridized carbons (Fsp3) is 0.192. The molecule has 8 nitrogen and oxygen atoms in total. The van der Waals surface area contributed by atoms with E-state index in [9.17, 15) is 22.8 Å². The monoisotopic (exact) mass is 492 g/mol. The molecule has 0 saturated heterocycles. The summed E-state index contributed by atoms with van der Waals surface area (Å²) in [6, 6.07) is 19.1. The SMILES string of the molecule is CC(=O)c1ccccc1NC(=O)COC(=O)c1cccc(S(=O)(=O)N2c3ccccc3CC2C)c1. The molecule has 0 saturated carbocycles. The average Bonchev–Trinajstić information content (AvgIpc) is 3.19. The molecule has 180 valence electrons. The van der Waals surface area contributed by atoms with Crippen LogP contribution in [0.2, 0.25) is 0 Å². The molecule has 1 unspecified atom stereocenters. The van der Waals surface area contributed by atoms with Crippen LogP contribution in [0.25, 0.3) is 0 Å². The average molecular weight is 493 g/mol. The summed E-state index contributed by atoms with van der Waals surface area (Å²) in [5.74, 6) is -1.68. The van der Waals surface area contributed by atoms with E-state index in [1.165, 1.54) is 35.5 Å². The maximum atomic E-state index is 13.4. The van der Waals surface area contributed by atoms with Crippen molar-refractivity contribution in [2.24, 2.45) is 0 Å². The number of nitrogens with zero attached hydrogens (tertiary/aromatic N) is 1. The predicted molar refractivity (Wildman–Crippen MR) is 131 cm³/mol. The minimum Gasteiger partial charge on any atom is -0.452 e. The van der Waals surface area contributed by atoms with Crippen LogP contribution >= 0.6 is 0 Å². The number of carbonyl (C=O) groups excluding carboxylic acids is 3. The molecule has 0 radical (unpaired) electrons. The van der Waals surface area contributed by atoms with Gasteiger partial charge >= 0.3 is 5.97 Å². The van der Waals surface area contributed by atoms with E-state index in [0.717, 1.165) is 5.56 Å². The van der Waals surface area contributed by atoms with Gasteiger partial charge in [-0.3, -0.25) is 13.9 Å². The summed E-state index contributed by atoms with van der Waals surface area (Å²) < 4.78 is 33.3. The first-order valence-corrected chi connectivity index (χ1v) is 12.4. The second kappa shape index (κ2) is 9.71. The lowest BCUT2D eigenvalue weighted by molar-refractivity contribution is -0.119. The van der Waals surface area contributed by atoms with Crippen molar-refractivity contribution in [3.05, 3.63) is 89.5 Å². The van der Waals surface area contributed by atoms with Gasteiger partial charge in [0.2, 0.25) is 0 Å². The van der Waals surface area contributed by atoms with Gasteiger partial charge in [-0.15, -0.1) is 0 Å². The highest BCUT2D eigenvalue weighted by atomic mass is 32.2. The second-order valence-corrected chi connectivity index (χ2v) is 10.1. The Morgan fingerprint density at radius 3 is 2.49 bits per heavy atom. The molecule has 35 heavy (non-hydrogen) atoms. The third-order valence-electron chi connectivity index (χ3n) is 5.69. The number of hydrogen-bond donors (Lipinski definition) is 1. The highest BCUT2D eigenvalue weighted by molar-refractivity contribution is 7.92. The number of para-hydroxylation sites is 2. The molecule has 1 aliphatic rings. The third kappa shape index (κ3) is 4.95. The van der Waals surface area contributed by atoms with Crippen LogP contribution in [0.3, 0.4) is 0 Å². The van der Waals surface area contributed by atoms with Crippen molar-refractivity contribution in [1.82, 2.24) is 0 Å². The number of amides is 1. The fourth-order valence-corrected chi connectivity index (χ4v) is 5.84. The summed E-state index contributed by atoms with van der Waals surface area (Å²) in [6.45, 7) is 2.62. The largest absolute Gasteiger partial charge is 0.452 e. The van der Waals surface area contributed by atoms with Crippen molar-refractivity contribution < 1.29 is 27.5 Å². The number of benzene rings is 3. The lowest BCUT2D eigenvalue weighted by atomic mass is 10.1. The van der Waals surface area contributed by atoms with E-state index in [4.69, 9.17) is 4.74 Å². The van der Waals surface area contributed by atoms with Crippen LogP contribution in [0, 0.1) is 0 Å². The lowest BCUT2D eigenvalue weighted by Gasteiger charge is -2.24. The number of ether oxygens (including phenoxy) is 1. The van der Waals surface area contributed by atoms with Gasteiger partial charge < -0.3 is 10.1 Å². The number of hydrogen-bond acceptors (Lipinski definition) is 6. The summed E-state index contributed by atoms with van der Waals surface area (Å²) >= 11 is 0. The predicted octanol–water partition coefficient (Wildman–Crippen LogP) is 3.82.